The Hall–Kier alpha value is -2.15. The summed E-state index contributed by atoms with van der Waals surface area (Å²) in [7, 11) is 1.63. The van der Waals surface area contributed by atoms with Gasteiger partial charge in [-0.2, -0.15) is 5.10 Å². The average Bonchev–Trinajstić information content (AvgIpc) is 3.28. The number of H-pyrrole nitrogens is 1. The summed E-state index contributed by atoms with van der Waals surface area (Å²) in [6.45, 7) is 1.30. The van der Waals surface area contributed by atoms with Gasteiger partial charge in [0.25, 0.3) is 0 Å². The third-order valence-electron chi connectivity index (χ3n) is 4.73. The number of nitrogens with zero attached hydrogens (tertiary/aromatic N) is 2. The van der Waals surface area contributed by atoms with Crippen molar-refractivity contribution in [1.82, 2.24) is 20.1 Å². The van der Waals surface area contributed by atoms with Crippen LogP contribution in [0.2, 0.25) is 0 Å². The van der Waals surface area contributed by atoms with Crippen LogP contribution >= 0.6 is 12.2 Å². The molecule has 0 atom stereocenters. The molecule has 1 amide bonds. The van der Waals surface area contributed by atoms with E-state index in [1.165, 1.54) is 25.7 Å². The van der Waals surface area contributed by atoms with Gasteiger partial charge in [0.1, 0.15) is 5.75 Å². The highest BCUT2D eigenvalue weighted by Crippen LogP contribution is 2.24. The summed E-state index contributed by atoms with van der Waals surface area (Å²) in [4.78, 5) is 12.1. The van der Waals surface area contributed by atoms with Crippen LogP contribution in [0.5, 0.6) is 5.75 Å². The highest BCUT2D eigenvalue weighted by atomic mass is 32.1. The number of aromatic nitrogens is 3. The van der Waals surface area contributed by atoms with Crippen LogP contribution in [0.15, 0.2) is 24.3 Å². The SMILES string of the molecule is COc1ccc(-c2n[nH]c(=S)n2CCC(=O)NCC2CCCC2)cc1. The molecule has 2 aromatic rings. The predicted octanol–water partition coefficient (Wildman–Crippen LogP) is 3.31. The van der Waals surface area contributed by atoms with Gasteiger partial charge in [-0.05, 0) is 55.2 Å². The van der Waals surface area contributed by atoms with Crippen molar-refractivity contribution in [2.24, 2.45) is 5.92 Å². The Labute approximate surface area is 152 Å². The fraction of sp³-hybridized carbons (Fsp3) is 0.500. The molecule has 0 spiro atoms. The van der Waals surface area contributed by atoms with Crippen LogP contribution in [0.25, 0.3) is 11.4 Å². The molecule has 1 aromatic carbocycles. The van der Waals surface area contributed by atoms with E-state index in [0.29, 0.717) is 23.7 Å². The predicted molar refractivity (Wildman–Crippen MR) is 99.0 cm³/mol. The van der Waals surface area contributed by atoms with Crippen LogP contribution < -0.4 is 10.1 Å². The van der Waals surface area contributed by atoms with E-state index in [1.54, 1.807) is 7.11 Å². The van der Waals surface area contributed by atoms with Crippen LogP contribution in [0.3, 0.4) is 0 Å². The summed E-state index contributed by atoms with van der Waals surface area (Å²) >= 11 is 5.31. The standard InChI is InChI=1S/C18H24N4O2S/c1-24-15-8-6-14(7-9-15)17-20-21-18(25)22(17)11-10-16(23)19-12-13-4-2-3-5-13/h6-9,13H,2-5,10-12H2,1H3,(H,19,23)(H,21,25). The molecule has 1 heterocycles. The number of amides is 1. The molecular formula is C18H24N4O2S. The average molecular weight is 360 g/mol. The Balaban J connectivity index is 1.61. The monoisotopic (exact) mass is 360 g/mol. The van der Waals surface area contributed by atoms with Gasteiger partial charge in [-0.1, -0.05) is 12.8 Å². The van der Waals surface area contributed by atoms with E-state index in [1.807, 2.05) is 28.8 Å². The minimum Gasteiger partial charge on any atom is -0.497 e. The number of nitrogens with one attached hydrogen (secondary N) is 2. The number of methoxy groups -OCH3 is 1. The van der Waals surface area contributed by atoms with Gasteiger partial charge in [0.05, 0.1) is 7.11 Å². The molecule has 1 saturated carbocycles. The quantitative estimate of drug-likeness (QED) is 0.743. The largest absolute Gasteiger partial charge is 0.497 e. The normalized spacial score (nSPS) is 14.6. The van der Waals surface area contributed by atoms with E-state index < -0.39 is 0 Å². The van der Waals surface area contributed by atoms with E-state index >= 15 is 0 Å². The van der Waals surface area contributed by atoms with Crippen molar-refractivity contribution >= 4 is 18.1 Å². The summed E-state index contributed by atoms with van der Waals surface area (Å²) < 4.78 is 7.57. The van der Waals surface area contributed by atoms with Crippen LogP contribution in [0.1, 0.15) is 32.1 Å². The Morgan fingerprint density at radius 2 is 2.08 bits per heavy atom. The van der Waals surface area contributed by atoms with Crippen LogP contribution in [0.4, 0.5) is 0 Å². The van der Waals surface area contributed by atoms with Crippen molar-refractivity contribution in [2.75, 3.05) is 13.7 Å². The second kappa shape index (κ2) is 8.29. The molecule has 1 aliphatic rings. The first-order valence-corrected chi connectivity index (χ1v) is 9.14. The van der Waals surface area contributed by atoms with Gasteiger partial charge in [0.15, 0.2) is 10.6 Å². The number of aromatic amines is 1. The third kappa shape index (κ3) is 4.48. The molecule has 2 N–H and O–H groups in total. The second-order valence-corrected chi connectivity index (χ2v) is 6.82. The molecule has 1 aliphatic carbocycles. The summed E-state index contributed by atoms with van der Waals surface area (Å²) in [5, 5.41) is 10.2. The molecule has 7 heteroatoms. The van der Waals surface area contributed by atoms with E-state index in [0.717, 1.165) is 23.7 Å². The first kappa shape index (κ1) is 17.7. The van der Waals surface area contributed by atoms with E-state index in [9.17, 15) is 4.79 Å². The Bertz CT molecular complexity index is 760. The lowest BCUT2D eigenvalue weighted by molar-refractivity contribution is -0.121. The Morgan fingerprint density at radius 1 is 1.36 bits per heavy atom. The second-order valence-electron chi connectivity index (χ2n) is 6.44. The molecule has 3 rings (SSSR count). The minimum atomic E-state index is 0.0654. The summed E-state index contributed by atoms with van der Waals surface area (Å²) in [5.74, 6) is 2.23. The number of hydrogen-bond acceptors (Lipinski definition) is 4. The fourth-order valence-electron chi connectivity index (χ4n) is 3.26. The van der Waals surface area contributed by atoms with Crippen LogP contribution in [-0.4, -0.2) is 34.3 Å². The molecule has 0 saturated heterocycles. The number of ether oxygens (including phenoxy) is 1. The molecule has 6 nitrogen and oxygen atoms in total. The molecule has 0 aliphatic heterocycles. The summed E-state index contributed by atoms with van der Waals surface area (Å²) in [6.07, 6.45) is 5.43. The first-order chi connectivity index (χ1) is 12.2. The maximum Gasteiger partial charge on any atom is 0.221 e. The zero-order valence-corrected chi connectivity index (χ0v) is 15.3. The van der Waals surface area contributed by atoms with Crippen LogP contribution in [-0.2, 0) is 11.3 Å². The topological polar surface area (TPSA) is 71.9 Å². The molecule has 25 heavy (non-hydrogen) atoms. The molecule has 1 aromatic heterocycles. The number of carbonyl (C=O) groups is 1. The number of carbonyl (C=O) groups excluding carboxylic acids is 1. The Morgan fingerprint density at radius 3 is 2.76 bits per heavy atom. The van der Waals surface area contributed by atoms with E-state index in [4.69, 9.17) is 17.0 Å². The number of hydrogen-bond donors (Lipinski definition) is 2. The maximum atomic E-state index is 12.1. The van der Waals surface area contributed by atoms with Crippen LogP contribution in [0, 0.1) is 10.7 Å². The van der Waals surface area contributed by atoms with Gasteiger partial charge < -0.3 is 10.1 Å². The van der Waals surface area contributed by atoms with Gasteiger partial charge >= 0.3 is 0 Å². The summed E-state index contributed by atoms with van der Waals surface area (Å²) in [6, 6.07) is 7.62. The van der Waals surface area contributed by atoms with Gasteiger partial charge in [-0.15, -0.1) is 0 Å². The van der Waals surface area contributed by atoms with Gasteiger partial charge in [-0.3, -0.25) is 14.5 Å². The van der Waals surface area contributed by atoms with E-state index in [2.05, 4.69) is 15.5 Å². The molecule has 0 bridgehead atoms. The molecule has 134 valence electrons. The molecule has 0 radical (unpaired) electrons. The van der Waals surface area contributed by atoms with Crippen molar-refractivity contribution < 1.29 is 9.53 Å². The first-order valence-electron chi connectivity index (χ1n) is 8.73. The highest BCUT2D eigenvalue weighted by molar-refractivity contribution is 7.71. The van der Waals surface area contributed by atoms with Crippen molar-refractivity contribution in [3.8, 4) is 17.1 Å². The zero-order valence-electron chi connectivity index (χ0n) is 14.5. The lowest BCUT2D eigenvalue weighted by Crippen LogP contribution is -2.29. The molecule has 0 unspecified atom stereocenters. The van der Waals surface area contributed by atoms with Crippen molar-refractivity contribution in [3.63, 3.8) is 0 Å². The highest BCUT2D eigenvalue weighted by Gasteiger charge is 2.16. The van der Waals surface area contributed by atoms with Crippen molar-refractivity contribution in [3.05, 3.63) is 29.0 Å². The van der Waals surface area contributed by atoms with Crippen molar-refractivity contribution in [1.29, 1.82) is 0 Å². The third-order valence-corrected chi connectivity index (χ3v) is 5.04. The van der Waals surface area contributed by atoms with Gasteiger partial charge in [-0.25, -0.2) is 0 Å². The lowest BCUT2D eigenvalue weighted by Gasteiger charge is -2.11. The van der Waals surface area contributed by atoms with Gasteiger partial charge in [0.2, 0.25) is 5.91 Å². The smallest absolute Gasteiger partial charge is 0.221 e. The fourth-order valence-corrected chi connectivity index (χ4v) is 3.48. The maximum absolute atomic E-state index is 12.1. The lowest BCUT2D eigenvalue weighted by atomic mass is 10.1. The van der Waals surface area contributed by atoms with Crippen molar-refractivity contribution in [2.45, 2.75) is 38.6 Å². The molecule has 1 fully saturated rings. The zero-order chi connectivity index (χ0) is 17.6. The minimum absolute atomic E-state index is 0.0654. The van der Waals surface area contributed by atoms with E-state index in [-0.39, 0.29) is 5.91 Å². The Kier molecular flexibility index (Phi) is 5.86. The summed E-state index contributed by atoms with van der Waals surface area (Å²) in [5.41, 5.74) is 0.930. The number of benzene rings is 1. The number of rotatable bonds is 7. The van der Waals surface area contributed by atoms with Gasteiger partial charge in [0, 0.05) is 25.1 Å². The molecular weight excluding hydrogens is 336 g/mol.